The number of hydrogen-bond acceptors (Lipinski definition) is 5. The van der Waals surface area contributed by atoms with E-state index in [9.17, 15) is 8.42 Å². The summed E-state index contributed by atoms with van der Waals surface area (Å²) in [5.74, 6) is 0.582. The molecule has 0 N–H and O–H groups in total. The van der Waals surface area contributed by atoms with Crippen molar-refractivity contribution < 1.29 is 8.42 Å². The summed E-state index contributed by atoms with van der Waals surface area (Å²) in [7, 11) is -1.33. The highest BCUT2D eigenvalue weighted by molar-refractivity contribution is 7.90. The monoisotopic (exact) mass is 355 g/mol. The van der Waals surface area contributed by atoms with Crippen LogP contribution in [0.15, 0.2) is 47.4 Å². The predicted molar refractivity (Wildman–Crippen MR) is 101 cm³/mol. The van der Waals surface area contributed by atoms with Gasteiger partial charge in [0.1, 0.15) is 0 Å². The lowest BCUT2D eigenvalue weighted by molar-refractivity contribution is 0.602. The molecule has 0 bridgehead atoms. The molecule has 0 radical (unpaired) electrons. The highest BCUT2D eigenvalue weighted by Crippen LogP contribution is 2.23. The molecule has 0 aliphatic rings. The Morgan fingerprint density at radius 2 is 1.76 bits per heavy atom. The first-order chi connectivity index (χ1) is 11.8. The summed E-state index contributed by atoms with van der Waals surface area (Å²) in [5, 5.41) is 0.862. The normalized spacial score (nSPS) is 11.7. The second kappa shape index (κ2) is 6.44. The molecule has 1 aromatic heterocycles. The van der Waals surface area contributed by atoms with E-state index in [0.717, 1.165) is 11.1 Å². The molecule has 5 nitrogen and oxygen atoms in total. The third-order valence-electron chi connectivity index (χ3n) is 4.29. The Hall–Kier alpha value is -2.47. The average molecular weight is 355 g/mol. The Morgan fingerprint density at radius 3 is 2.44 bits per heavy atom. The zero-order valence-electron chi connectivity index (χ0n) is 14.8. The summed E-state index contributed by atoms with van der Waals surface area (Å²) >= 11 is 0. The van der Waals surface area contributed by atoms with Crippen molar-refractivity contribution in [3.63, 3.8) is 0 Å². The second-order valence-corrected chi connectivity index (χ2v) is 8.36. The van der Waals surface area contributed by atoms with Crippen LogP contribution < -0.4 is 4.90 Å². The van der Waals surface area contributed by atoms with Crippen molar-refractivity contribution >= 4 is 26.7 Å². The van der Waals surface area contributed by atoms with Crippen LogP contribution in [0.25, 0.3) is 10.9 Å². The number of aromatic nitrogens is 2. The molecule has 0 fully saturated rings. The van der Waals surface area contributed by atoms with Crippen molar-refractivity contribution in [3.05, 3.63) is 59.3 Å². The van der Waals surface area contributed by atoms with E-state index in [2.05, 4.69) is 29.0 Å². The fourth-order valence-electron chi connectivity index (χ4n) is 2.77. The van der Waals surface area contributed by atoms with E-state index in [-0.39, 0.29) is 4.90 Å². The minimum absolute atomic E-state index is 0.269. The third kappa shape index (κ3) is 3.64. The highest BCUT2D eigenvalue weighted by atomic mass is 32.2. The van der Waals surface area contributed by atoms with Gasteiger partial charge in [0.15, 0.2) is 9.84 Å². The first kappa shape index (κ1) is 17.4. The standard InChI is InChI=1S/C19H21N3O2S/c1-13-7-5-6-8-15(13)12-22(3)19-20-14(2)17-10-9-16(25(4,23)24)11-18(17)21-19/h5-11H,12H2,1-4H3. The van der Waals surface area contributed by atoms with Crippen LogP contribution in [0.1, 0.15) is 16.8 Å². The molecule has 0 saturated heterocycles. The molecule has 1 heterocycles. The molecule has 130 valence electrons. The average Bonchev–Trinajstić information content (AvgIpc) is 2.55. The number of nitrogens with zero attached hydrogens (tertiary/aromatic N) is 3. The lowest BCUT2D eigenvalue weighted by atomic mass is 10.1. The molecule has 0 spiro atoms. The van der Waals surface area contributed by atoms with Crippen molar-refractivity contribution in [2.45, 2.75) is 25.3 Å². The van der Waals surface area contributed by atoms with Gasteiger partial charge in [-0.1, -0.05) is 24.3 Å². The molecule has 3 aromatic rings. The van der Waals surface area contributed by atoms with E-state index in [1.54, 1.807) is 18.2 Å². The molecule has 0 unspecified atom stereocenters. The number of benzene rings is 2. The van der Waals surface area contributed by atoms with Crippen LogP contribution in [0.4, 0.5) is 5.95 Å². The number of rotatable bonds is 4. The van der Waals surface area contributed by atoms with Crippen LogP contribution in [0, 0.1) is 13.8 Å². The van der Waals surface area contributed by atoms with Crippen LogP contribution in [-0.2, 0) is 16.4 Å². The quantitative estimate of drug-likeness (QED) is 0.719. The molecule has 6 heteroatoms. The minimum Gasteiger partial charge on any atom is -0.340 e. The van der Waals surface area contributed by atoms with E-state index in [1.165, 1.54) is 17.4 Å². The Kier molecular flexibility index (Phi) is 4.47. The number of hydrogen-bond donors (Lipinski definition) is 0. The van der Waals surface area contributed by atoms with Gasteiger partial charge in [0, 0.05) is 25.2 Å². The molecule has 2 aromatic carbocycles. The number of sulfone groups is 1. The second-order valence-electron chi connectivity index (χ2n) is 6.34. The van der Waals surface area contributed by atoms with Gasteiger partial charge in [0.2, 0.25) is 5.95 Å². The summed E-state index contributed by atoms with van der Waals surface area (Å²) in [4.78, 5) is 11.4. The van der Waals surface area contributed by atoms with Crippen molar-refractivity contribution in [3.8, 4) is 0 Å². The fraction of sp³-hybridized carbons (Fsp3) is 0.263. The maximum absolute atomic E-state index is 11.8. The molecular formula is C19H21N3O2S. The van der Waals surface area contributed by atoms with Gasteiger partial charge < -0.3 is 4.90 Å². The summed E-state index contributed by atoms with van der Waals surface area (Å²) in [6, 6.07) is 13.2. The van der Waals surface area contributed by atoms with Crippen molar-refractivity contribution in [1.29, 1.82) is 0 Å². The zero-order valence-corrected chi connectivity index (χ0v) is 15.6. The van der Waals surface area contributed by atoms with E-state index in [1.807, 2.05) is 31.0 Å². The lowest BCUT2D eigenvalue weighted by Crippen LogP contribution is -2.20. The maximum Gasteiger partial charge on any atom is 0.226 e. The smallest absolute Gasteiger partial charge is 0.226 e. The van der Waals surface area contributed by atoms with Crippen LogP contribution in [0.3, 0.4) is 0 Å². The van der Waals surface area contributed by atoms with Crippen LogP contribution in [0.2, 0.25) is 0 Å². The zero-order chi connectivity index (χ0) is 18.2. The first-order valence-electron chi connectivity index (χ1n) is 8.00. The molecule has 25 heavy (non-hydrogen) atoms. The van der Waals surface area contributed by atoms with Crippen LogP contribution in [-0.4, -0.2) is 31.7 Å². The molecule has 0 amide bonds. The number of fused-ring (bicyclic) bond motifs is 1. The summed E-state index contributed by atoms with van der Waals surface area (Å²) in [6.45, 7) is 4.67. The van der Waals surface area contributed by atoms with Crippen molar-refractivity contribution in [2.75, 3.05) is 18.2 Å². The lowest BCUT2D eigenvalue weighted by Gasteiger charge is -2.19. The fourth-order valence-corrected chi connectivity index (χ4v) is 3.41. The van der Waals surface area contributed by atoms with Gasteiger partial charge in [-0.2, -0.15) is 0 Å². The summed E-state index contributed by atoms with van der Waals surface area (Å²) in [6.07, 6.45) is 1.20. The van der Waals surface area contributed by atoms with Gasteiger partial charge in [-0.05, 0) is 43.2 Å². The molecule has 0 atom stereocenters. The van der Waals surface area contributed by atoms with Gasteiger partial charge >= 0.3 is 0 Å². The Morgan fingerprint density at radius 1 is 1.04 bits per heavy atom. The SMILES string of the molecule is Cc1ccccc1CN(C)c1nc(C)c2ccc(S(C)(=O)=O)cc2n1. The van der Waals surface area contributed by atoms with Crippen LogP contribution >= 0.6 is 0 Å². The van der Waals surface area contributed by atoms with Gasteiger partial charge in [0.05, 0.1) is 16.1 Å². The highest BCUT2D eigenvalue weighted by Gasteiger charge is 2.13. The molecule has 0 aliphatic carbocycles. The molecule has 0 aliphatic heterocycles. The third-order valence-corrected chi connectivity index (χ3v) is 5.40. The van der Waals surface area contributed by atoms with Gasteiger partial charge in [-0.15, -0.1) is 0 Å². The molecule has 3 rings (SSSR count). The molecular weight excluding hydrogens is 334 g/mol. The minimum atomic E-state index is -3.27. The van der Waals surface area contributed by atoms with Crippen molar-refractivity contribution in [1.82, 2.24) is 9.97 Å². The van der Waals surface area contributed by atoms with E-state index < -0.39 is 9.84 Å². The van der Waals surface area contributed by atoms with Gasteiger partial charge in [0.25, 0.3) is 0 Å². The van der Waals surface area contributed by atoms with Crippen LogP contribution in [0.5, 0.6) is 0 Å². The van der Waals surface area contributed by atoms with E-state index >= 15 is 0 Å². The first-order valence-corrected chi connectivity index (χ1v) is 9.89. The molecule has 0 saturated carbocycles. The largest absolute Gasteiger partial charge is 0.340 e. The van der Waals surface area contributed by atoms with Gasteiger partial charge in [-0.25, -0.2) is 18.4 Å². The topological polar surface area (TPSA) is 63.2 Å². The van der Waals surface area contributed by atoms with Crippen molar-refractivity contribution in [2.24, 2.45) is 0 Å². The Balaban J connectivity index is 2.03. The number of anilines is 1. The van der Waals surface area contributed by atoms with E-state index in [0.29, 0.717) is 18.0 Å². The summed E-state index contributed by atoms with van der Waals surface area (Å²) < 4.78 is 23.6. The summed E-state index contributed by atoms with van der Waals surface area (Å²) in [5.41, 5.74) is 3.89. The maximum atomic E-state index is 11.8. The Labute approximate surface area is 148 Å². The number of aryl methyl sites for hydroxylation is 2. The predicted octanol–water partition coefficient (Wildman–Crippen LogP) is 3.29. The van der Waals surface area contributed by atoms with Gasteiger partial charge in [-0.3, -0.25) is 0 Å². The Bertz CT molecular complexity index is 1050. The van der Waals surface area contributed by atoms with E-state index in [4.69, 9.17) is 0 Å².